The fourth-order valence-electron chi connectivity index (χ4n) is 2.63. The third kappa shape index (κ3) is 2.92. The quantitative estimate of drug-likeness (QED) is 0.669. The lowest BCUT2D eigenvalue weighted by Gasteiger charge is -2.24. The largest absolute Gasteiger partial charge is 0.507 e. The van der Waals surface area contributed by atoms with Crippen LogP contribution in [0.3, 0.4) is 0 Å². The number of phenols is 1. The first-order chi connectivity index (χ1) is 10.6. The van der Waals surface area contributed by atoms with Crippen molar-refractivity contribution in [2.75, 3.05) is 0 Å². The average Bonchev–Trinajstić information content (AvgIpc) is 2.78. The van der Waals surface area contributed by atoms with Gasteiger partial charge in [-0.3, -0.25) is 0 Å². The van der Waals surface area contributed by atoms with Gasteiger partial charge in [0.25, 0.3) is 0 Å². The van der Waals surface area contributed by atoms with Gasteiger partial charge in [-0.15, -0.1) is 0 Å². The van der Waals surface area contributed by atoms with Gasteiger partial charge in [0.2, 0.25) is 5.82 Å². The molecule has 0 aliphatic rings. The minimum atomic E-state index is -1.25. The van der Waals surface area contributed by atoms with E-state index in [1.807, 2.05) is 32.9 Å². The first-order valence-corrected chi connectivity index (χ1v) is 7.22. The van der Waals surface area contributed by atoms with Crippen LogP contribution in [0.1, 0.15) is 49.4 Å². The Hall–Kier alpha value is -2.41. The molecule has 0 aliphatic heterocycles. The van der Waals surface area contributed by atoms with E-state index in [9.17, 15) is 20.3 Å². The molecule has 1 heterocycles. The Morgan fingerprint density at radius 2 is 1.96 bits per heavy atom. The Kier molecular flexibility index (Phi) is 4.17. The average molecular weight is 319 g/mol. The van der Waals surface area contributed by atoms with Crippen LogP contribution in [0, 0.1) is 17.0 Å². The zero-order valence-electron chi connectivity index (χ0n) is 13.9. The van der Waals surface area contributed by atoms with Crippen LogP contribution in [0.4, 0.5) is 5.82 Å². The van der Waals surface area contributed by atoms with Crippen molar-refractivity contribution >= 4 is 5.82 Å². The highest BCUT2D eigenvalue weighted by molar-refractivity contribution is 5.50. The van der Waals surface area contributed by atoms with Gasteiger partial charge in [0.05, 0.1) is 7.05 Å². The van der Waals surface area contributed by atoms with Crippen molar-refractivity contribution in [3.05, 3.63) is 51.0 Å². The van der Waals surface area contributed by atoms with Gasteiger partial charge in [0.15, 0.2) is 6.10 Å². The molecule has 124 valence electrons. The standard InChI is InChI=1S/C16H21N3O4/c1-9-6-7-10(16(2,3)4)13(20)12(9)14(21)15-17-8-11(18(15)5)19(22)23/h6-8,14,20-21H,1-5H3. The summed E-state index contributed by atoms with van der Waals surface area (Å²) >= 11 is 0. The van der Waals surface area contributed by atoms with Gasteiger partial charge in [0.1, 0.15) is 11.9 Å². The van der Waals surface area contributed by atoms with E-state index in [-0.39, 0.29) is 22.8 Å². The number of nitrogens with zero attached hydrogens (tertiary/aromatic N) is 3. The normalized spacial score (nSPS) is 13.1. The number of aryl methyl sites for hydroxylation is 1. The van der Waals surface area contributed by atoms with Crippen LogP contribution in [0.2, 0.25) is 0 Å². The molecule has 0 fully saturated rings. The maximum absolute atomic E-state index is 10.9. The Balaban J connectivity index is 2.60. The first-order valence-electron chi connectivity index (χ1n) is 7.22. The van der Waals surface area contributed by atoms with Gasteiger partial charge in [-0.05, 0) is 28.4 Å². The van der Waals surface area contributed by atoms with E-state index in [1.54, 1.807) is 6.92 Å². The van der Waals surface area contributed by atoms with Crippen molar-refractivity contribution in [2.45, 2.75) is 39.2 Å². The molecule has 2 rings (SSSR count). The molecule has 1 aromatic carbocycles. The lowest BCUT2D eigenvalue weighted by molar-refractivity contribution is -0.391. The smallest absolute Gasteiger partial charge is 0.342 e. The van der Waals surface area contributed by atoms with E-state index in [4.69, 9.17) is 0 Å². The van der Waals surface area contributed by atoms with E-state index in [0.717, 1.165) is 6.20 Å². The highest BCUT2D eigenvalue weighted by atomic mass is 16.6. The highest BCUT2D eigenvalue weighted by Gasteiger charge is 2.30. The Morgan fingerprint density at radius 3 is 2.43 bits per heavy atom. The fraction of sp³-hybridized carbons (Fsp3) is 0.438. The fourth-order valence-corrected chi connectivity index (χ4v) is 2.63. The zero-order valence-corrected chi connectivity index (χ0v) is 13.9. The van der Waals surface area contributed by atoms with Crippen molar-refractivity contribution in [1.82, 2.24) is 9.55 Å². The number of nitro groups is 1. The summed E-state index contributed by atoms with van der Waals surface area (Å²) in [6.45, 7) is 7.64. The van der Waals surface area contributed by atoms with Gasteiger partial charge in [-0.25, -0.2) is 9.55 Å². The van der Waals surface area contributed by atoms with Crippen LogP contribution in [0.15, 0.2) is 18.3 Å². The van der Waals surface area contributed by atoms with Crippen LogP contribution < -0.4 is 0 Å². The molecule has 0 bridgehead atoms. The van der Waals surface area contributed by atoms with Crippen LogP contribution in [0.5, 0.6) is 5.75 Å². The molecule has 7 heteroatoms. The van der Waals surface area contributed by atoms with E-state index < -0.39 is 11.0 Å². The lowest BCUT2D eigenvalue weighted by Crippen LogP contribution is -2.15. The number of hydrogen-bond donors (Lipinski definition) is 2. The van der Waals surface area contributed by atoms with E-state index in [2.05, 4.69) is 4.98 Å². The zero-order chi connectivity index (χ0) is 17.5. The Labute approximate surface area is 134 Å². The molecule has 2 aromatic rings. The predicted molar refractivity (Wildman–Crippen MR) is 85.5 cm³/mol. The van der Waals surface area contributed by atoms with Crippen molar-refractivity contribution in [3.8, 4) is 5.75 Å². The van der Waals surface area contributed by atoms with Crippen molar-refractivity contribution in [1.29, 1.82) is 0 Å². The number of aromatic nitrogens is 2. The molecule has 1 aromatic heterocycles. The molecule has 2 N–H and O–H groups in total. The SMILES string of the molecule is Cc1ccc(C(C)(C)C)c(O)c1C(O)c1ncc([N+](=O)[O-])n1C. The van der Waals surface area contributed by atoms with Crippen LogP contribution >= 0.6 is 0 Å². The summed E-state index contributed by atoms with van der Waals surface area (Å²) in [5, 5.41) is 32.2. The van der Waals surface area contributed by atoms with Gasteiger partial charge in [-0.2, -0.15) is 0 Å². The monoisotopic (exact) mass is 319 g/mol. The molecular weight excluding hydrogens is 298 g/mol. The number of aliphatic hydroxyl groups excluding tert-OH is 1. The molecule has 0 amide bonds. The van der Waals surface area contributed by atoms with Crippen LogP contribution in [0.25, 0.3) is 0 Å². The summed E-state index contributed by atoms with van der Waals surface area (Å²) in [6, 6.07) is 3.64. The van der Waals surface area contributed by atoms with Crippen molar-refractivity contribution in [3.63, 3.8) is 0 Å². The summed E-state index contributed by atoms with van der Waals surface area (Å²) in [4.78, 5) is 14.3. The summed E-state index contributed by atoms with van der Waals surface area (Å²) in [5.74, 6) is -0.111. The molecule has 1 unspecified atom stereocenters. The predicted octanol–water partition coefficient (Wildman–Crippen LogP) is 2.72. The highest BCUT2D eigenvalue weighted by Crippen LogP contribution is 2.39. The minimum absolute atomic E-state index is 0.00402. The molecule has 23 heavy (non-hydrogen) atoms. The van der Waals surface area contributed by atoms with Gasteiger partial charge in [0, 0.05) is 5.56 Å². The van der Waals surface area contributed by atoms with E-state index >= 15 is 0 Å². The van der Waals surface area contributed by atoms with Crippen molar-refractivity contribution in [2.24, 2.45) is 7.05 Å². The van der Waals surface area contributed by atoms with Gasteiger partial charge >= 0.3 is 5.82 Å². The van der Waals surface area contributed by atoms with Gasteiger partial charge < -0.3 is 20.3 Å². The summed E-state index contributed by atoms with van der Waals surface area (Å²) < 4.78 is 1.22. The molecule has 0 saturated heterocycles. The number of rotatable bonds is 3. The Morgan fingerprint density at radius 1 is 1.35 bits per heavy atom. The molecule has 7 nitrogen and oxygen atoms in total. The number of aromatic hydroxyl groups is 1. The molecule has 0 spiro atoms. The second-order valence-corrected chi connectivity index (χ2v) is 6.64. The van der Waals surface area contributed by atoms with E-state index in [0.29, 0.717) is 16.7 Å². The van der Waals surface area contributed by atoms with Crippen molar-refractivity contribution < 1.29 is 15.1 Å². The summed E-state index contributed by atoms with van der Waals surface area (Å²) in [6.07, 6.45) is -0.158. The second-order valence-electron chi connectivity index (χ2n) is 6.64. The molecule has 0 saturated carbocycles. The number of hydrogen-bond acceptors (Lipinski definition) is 5. The molecular formula is C16H21N3O4. The Bertz CT molecular complexity index is 759. The molecule has 1 atom stereocenters. The van der Waals surface area contributed by atoms with E-state index in [1.165, 1.54) is 11.6 Å². The third-order valence-corrected chi connectivity index (χ3v) is 3.95. The lowest BCUT2D eigenvalue weighted by atomic mass is 9.83. The molecule has 0 aliphatic carbocycles. The number of imidazole rings is 1. The first kappa shape index (κ1) is 17.0. The second kappa shape index (κ2) is 5.66. The summed E-state index contributed by atoms with van der Waals surface area (Å²) in [7, 11) is 1.46. The number of aliphatic hydroxyl groups is 1. The summed E-state index contributed by atoms with van der Waals surface area (Å²) in [5.41, 5.74) is 1.40. The minimum Gasteiger partial charge on any atom is -0.507 e. The topological polar surface area (TPSA) is 101 Å². The molecule has 0 radical (unpaired) electrons. The number of benzene rings is 1. The number of phenolic OH excluding ortho intramolecular Hbond substituents is 1. The van der Waals surface area contributed by atoms with Crippen LogP contribution in [-0.4, -0.2) is 24.7 Å². The maximum atomic E-state index is 10.9. The maximum Gasteiger partial charge on any atom is 0.342 e. The van der Waals surface area contributed by atoms with Gasteiger partial charge in [-0.1, -0.05) is 32.9 Å². The van der Waals surface area contributed by atoms with Crippen LogP contribution in [-0.2, 0) is 12.5 Å². The third-order valence-electron chi connectivity index (χ3n) is 3.95.